The minimum Gasteiger partial charge on any atom is -0.336 e. The number of hydrogen-bond acceptors (Lipinski definition) is 4. The standard InChI is InChI=1S/C27H25N3O3S/c31-27(29-15-17-30(18-16-29)34(32,33)20-21-9-3-1-4-10-21)24-19-26(22-11-5-2-6-12-22)28-25-14-8-7-13-23(24)25/h1-14,19H,15-18,20H2. The number of carbonyl (C=O) groups excluding carboxylic acids is 1. The van der Waals surface area contributed by atoms with Crippen molar-refractivity contribution in [3.8, 4) is 11.3 Å². The molecule has 1 fully saturated rings. The number of rotatable bonds is 5. The van der Waals surface area contributed by atoms with E-state index in [1.165, 1.54) is 4.31 Å². The summed E-state index contributed by atoms with van der Waals surface area (Å²) in [5, 5.41) is 0.798. The highest BCUT2D eigenvalue weighted by molar-refractivity contribution is 7.88. The lowest BCUT2D eigenvalue weighted by molar-refractivity contribution is 0.0699. The first-order valence-electron chi connectivity index (χ1n) is 11.3. The van der Waals surface area contributed by atoms with E-state index in [-0.39, 0.29) is 24.7 Å². The van der Waals surface area contributed by atoms with E-state index in [1.807, 2.05) is 91.0 Å². The number of aromatic nitrogens is 1. The zero-order valence-corrected chi connectivity index (χ0v) is 19.5. The highest BCUT2D eigenvalue weighted by Gasteiger charge is 2.30. The third kappa shape index (κ3) is 4.58. The number of sulfonamides is 1. The molecule has 1 amide bonds. The lowest BCUT2D eigenvalue weighted by atomic mass is 10.0. The second-order valence-electron chi connectivity index (χ2n) is 8.37. The van der Waals surface area contributed by atoms with Gasteiger partial charge in [0.2, 0.25) is 10.0 Å². The Balaban J connectivity index is 1.37. The molecule has 1 saturated heterocycles. The first-order valence-corrected chi connectivity index (χ1v) is 12.9. The van der Waals surface area contributed by atoms with Crippen molar-refractivity contribution in [2.45, 2.75) is 5.75 Å². The fourth-order valence-electron chi connectivity index (χ4n) is 4.32. The maximum absolute atomic E-state index is 13.6. The minimum absolute atomic E-state index is 0.0305. The molecule has 4 aromatic rings. The summed E-state index contributed by atoms with van der Waals surface area (Å²) >= 11 is 0. The molecule has 0 saturated carbocycles. The van der Waals surface area contributed by atoms with E-state index in [0.717, 1.165) is 27.7 Å². The summed E-state index contributed by atoms with van der Waals surface area (Å²) < 4.78 is 27.3. The van der Waals surface area contributed by atoms with Crippen molar-refractivity contribution in [3.05, 3.63) is 102 Å². The van der Waals surface area contributed by atoms with Crippen LogP contribution in [0.3, 0.4) is 0 Å². The van der Waals surface area contributed by atoms with Crippen LogP contribution >= 0.6 is 0 Å². The Morgan fingerprint density at radius 3 is 2.12 bits per heavy atom. The van der Waals surface area contributed by atoms with Crippen molar-refractivity contribution >= 4 is 26.8 Å². The fraction of sp³-hybridized carbons (Fsp3) is 0.185. The zero-order valence-electron chi connectivity index (χ0n) is 18.7. The summed E-state index contributed by atoms with van der Waals surface area (Å²) in [6.07, 6.45) is 0. The topological polar surface area (TPSA) is 70.6 Å². The van der Waals surface area contributed by atoms with Crippen molar-refractivity contribution in [2.24, 2.45) is 0 Å². The van der Waals surface area contributed by atoms with E-state index in [2.05, 4.69) is 0 Å². The average Bonchev–Trinajstić information content (AvgIpc) is 2.88. The number of pyridine rings is 1. The molecule has 1 aromatic heterocycles. The molecule has 172 valence electrons. The molecule has 3 aromatic carbocycles. The highest BCUT2D eigenvalue weighted by Crippen LogP contribution is 2.26. The molecule has 0 aliphatic carbocycles. The maximum Gasteiger partial charge on any atom is 0.254 e. The van der Waals surface area contributed by atoms with Crippen molar-refractivity contribution in [1.82, 2.24) is 14.2 Å². The molecule has 34 heavy (non-hydrogen) atoms. The summed E-state index contributed by atoms with van der Waals surface area (Å²) in [5.41, 5.74) is 3.80. The van der Waals surface area contributed by atoms with Crippen LogP contribution in [-0.4, -0.2) is 54.7 Å². The van der Waals surface area contributed by atoms with Crippen LogP contribution in [0.4, 0.5) is 0 Å². The Bertz CT molecular complexity index is 1420. The Hall–Kier alpha value is -3.55. The van der Waals surface area contributed by atoms with Gasteiger partial charge in [-0.3, -0.25) is 4.79 Å². The Labute approximate surface area is 199 Å². The Kier molecular flexibility index (Phi) is 6.13. The smallest absolute Gasteiger partial charge is 0.254 e. The minimum atomic E-state index is -3.44. The van der Waals surface area contributed by atoms with Crippen molar-refractivity contribution < 1.29 is 13.2 Å². The van der Waals surface area contributed by atoms with E-state index >= 15 is 0 Å². The number of para-hydroxylation sites is 1. The van der Waals surface area contributed by atoms with E-state index in [0.29, 0.717) is 18.7 Å². The Morgan fingerprint density at radius 2 is 1.41 bits per heavy atom. The monoisotopic (exact) mass is 471 g/mol. The normalized spacial score (nSPS) is 14.9. The van der Waals surface area contributed by atoms with Gasteiger partial charge >= 0.3 is 0 Å². The zero-order chi connectivity index (χ0) is 23.5. The van der Waals surface area contributed by atoms with Gasteiger partial charge in [-0.2, -0.15) is 4.31 Å². The SMILES string of the molecule is O=C(c1cc(-c2ccccc2)nc2ccccc12)N1CCN(S(=O)(=O)Cc2ccccc2)CC1. The summed E-state index contributed by atoms with van der Waals surface area (Å²) in [7, 11) is -3.44. The third-order valence-electron chi connectivity index (χ3n) is 6.13. The second-order valence-corrected chi connectivity index (χ2v) is 10.3. The molecule has 7 heteroatoms. The molecule has 0 bridgehead atoms. The van der Waals surface area contributed by atoms with E-state index in [1.54, 1.807) is 4.90 Å². The summed E-state index contributed by atoms with van der Waals surface area (Å²) in [5.74, 6) is -0.132. The summed E-state index contributed by atoms with van der Waals surface area (Å²) in [6.45, 7) is 1.28. The van der Waals surface area contributed by atoms with Crippen molar-refractivity contribution in [1.29, 1.82) is 0 Å². The molecule has 0 radical (unpaired) electrons. The van der Waals surface area contributed by atoms with Crippen LogP contribution in [-0.2, 0) is 15.8 Å². The maximum atomic E-state index is 13.6. The van der Waals surface area contributed by atoms with E-state index in [4.69, 9.17) is 4.98 Å². The number of nitrogens with zero attached hydrogens (tertiary/aromatic N) is 3. The molecule has 0 unspecified atom stereocenters. The van der Waals surface area contributed by atoms with Crippen LogP contribution in [0.5, 0.6) is 0 Å². The molecular formula is C27H25N3O3S. The van der Waals surface area contributed by atoms with Gasteiger partial charge in [-0.1, -0.05) is 78.9 Å². The second kappa shape index (κ2) is 9.37. The highest BCUT2D eigenvalue weighted by atomic mass is 32.2. The number of carbonyl (C=O) groups is 1. The van der Waals surface area contributed by atoms with Gasteiger partial charge in [-0.15, -0.1) is 0 Å². The third-order valence-corrected chi connectivity index (χ3v) is 7.98. The predicted molar refractivity (Wildman–Crippen MR) is 134 cm³/mol. The van der Waals surface area contributed by atoms with Crippen LogP contribution in [0.1, 0.15) is 15.9 Å². The molecule has 1 aliphatic rings. The van der Waals surface area contributed by atoms with Crippen LogP contribution in [0, 0.1) is 0 Å². The molecule has 0 N–H and O–H groups in total. The Morgan fingerprint density at radius 1 is 0.794 bits per heavy atom. The number of piperazine rings is 1. The van der Waals surface area contributed by atoms with Gasteiger partial charge in [0, 0.05) is 37.1 Å². The number of amides is 1. The first-order chi connectivity index (χ1) is 16.5. The van der Waals surface area contributed by atoms with Gasteiger partial charge in [-0.05, 0) is 17.7 Å². The van der Waals surface area contributed by atoms with Gasteiger partial charge in [-0.25, -0.2) is 13.4 Å². The van der Waals surface area contributed by atoms with E-state index < -0.39 is 10.0 Å². The summed E-state index contributed by atoms with van der Waals surface area (Å²) in [6, 6.07) is 28.4. The van der Waals surface area contributed by atoms with Gasteiger partial charge in [0.05, 0.1) is 22.5 Å². The fourth-order valence-corrected chi connectivity index (χ4v) is 5.84. The van der Waals surface area contributed by atoms with Gasteiger partial charge in [0.15, 0.2) is 0 Å². The van der Waals surface area contributed by atoms with E-state index in [9.17, 15) is 13.2 Å². The molecule has 0 spiro atoms. The van der Waals surface area contributed by atoms with Crippen molar-refractivity contribution in [3.63, 3.8) is 0 Å². The van der Waals surface area contributed by atoms with Gasteiger partial charge < -0.3 is 4.90 Å². The molecule has 2 heterocycles. The van der Waals surface area contributed by atoms with Crippen molar-refractivity contribution in [2.75, 3.05) is 26.2 Å². The lowest BCUT2D eigenvalue weighted by Crippen LogP contribution is -2.50. The number of hydrogen-bond donors (Lipinski definition) is 0. The quantitative estimate of drug-likeness (QED) is 0.438. The molecule has 1 aliphatic heterocycles. The average molecular weight is 472 g/mol. The number of benzene rings is 3. The van der Waals surface area contributed by atoms with Crippen LogP contribution < -0.4 is 0 Å². The first kappa shape index (κ1) is 22.3. The van der Waals surface area contributed by atoms with Gasteiger partial charge in [0.25, 0.3) is 5.91 Å². The van der Waals surface area contributed by atoms with Gasteiger partial charge in [0.1, 0.15) is 0 Å². The largest absolute Gasteiger partial charge is 0.336 e. The lowest BCUT2D eigenvalue weighted by Gasteiger charge is -2.34. The number of fused-ring (bicyclic) bond motifs is 1. The summed E-state index contributed by atoms with van der Waals surface area (Å²) in [4.78, 5) is 20.1. The predicted octanol–water partition coefficient (Wildman–Crippen LogP) is 4.19. The molecular weight excluding hydrogens is 446 g/mol. The van der Waals surface area contributed by atoms with Crippen LogP contribution in [0.15, 0.2) is 91.0 Å². The molecule has 5 rings (SSSR count). The molecule has 0 atom stereocenters. The van der Waals surface area contributed by atoms with Crippen LogP contribution in [0.25, 0.3) is 22.2 Å². The molecule has 6 nitrogen and oxygen atoms in total. The van der Waals surface area contributed by atoms with Crippen LogP contribution in [0.2, 0.25) is 0 Å².